The molecule has 0 heterocycles. The van der Waals surface area contributed by atoms with Crippen molar-refractivity contribution in [3.63, 3.8) is 0 Å². The average molecular weight is 304 g/mol. The number of esters is 1. The van der Waals surface area contributed by atoms with Gasteiger partial charge in [-0.3, -0.25) is 0 Å². The lowest BCUT2D eigenvalue weighted by Crippen LogP contribution is -2.25. The zero-order valence-electron chi connectivity index (χ0n) is 11.8. The van der Waals surface area contributed by atoms with Gasteiger partial charge in [0.05, 0.1) is 12.2 Å². The van der Waals surface area contributed by atoms with E-state index in [4.69, 9.17) is 9.84 Å². The monoisotopic (exact) mass is 303 g/mol. The van der Waals surface area contributed by atoms with Crippen molar-refractivity contribution in [1.82, 2.24) is 4.90 Å². The van der Waals surface area contributed by atoms with E-state index in [0.29, 0.717) is 6.61 Å². The van der Waals surface area contributed by atoms with Gasteiger partial charge >= 0.3 is 5.97 Å². The molecule has 0 saturated heterocycles. The molecule has 0 radical (unpaired) electrons. The largest absolute Gasteiger partial charge is 0.504 e. The van der Waals surface area contributed by atoms with Gasteiger partial charge in [0.15, 0.2) is 11.5 Å². The van der Waals surface area contributed by atoms with Crippen LogP contribution in [0.25, 0.3) is 0 Å². The number of rotatable bonds is 7. The van der Waals surface area contributed by atoms with Crippen LogP contribution in [0.3, 0.4) is 0 Å². The number of halogens is 1. The third-order valence-corrected chi connectivity index (χ3v) is 2.96. The van der Waals surface area contributed by atoms with E-state index in [-0.39, 0.29) is 29.5 Å². The maximum atomic E-state index is 11.7. The number of aromatic hydroxyl groups is 2. The summed E-state index contributed by atoms with van der Waals surface area (Å²) in [4.78, 5) is 13.9. The predicted octanol–water partition coefficient (Wildman–Crippen LogP) is 2.41. The highest BCUT2D eigenvalue weighted by atomic mass is 35.5. The maximum Gasteiger partial charge on any atom is 0.338 e. The Morgan fingerprint density at radius 1 is 1.20 bits per heavy atom. The van der Waals surface area contributed by atoms with Crippen LogP contribution in [-0.2, 0) is 4.74 Å². The summed E-state index contributed by atoms with van der Waals surface area (Å²) in [7, 11) is 0. The Balaban J connectivity index is 0.00000361. The first-order valence-corrected chi connectivity index (χ1v) is 6.50. The highest BCUT2D eigenvalue weighted by Crippen LogP contribution is 2.25. The number of carbonyl (C=O) groups is 1. The number of phenols is 2. The van der Waals surface area contributed by atoms with Crippen LogP contribution in [0.5, 0.6) is 11.5 Å². The summed E-state index contributed by atoms with van der Waals surface area (Å²) in [6, 6.07) is 3.88. The summed E-state index contributed by atoms with van der Waals surface area (Å²) in [6.07, 6.45) is 0.775. The van der Waals surface area contributed by atoms with E-state index in [1.807, 2.05) is 0 Å². The zero-order valence-corrected chi connectivity index (χ0v) is 12.7. The molecule has 2 N–H and O–H groups in total. The Morgan fingerprint density at radius 2 is 1.85 bits per heavy atom. The van der Waals surface area contributed by atoms with Crippen LogP contribution < -0.4 is 0 Å². The Labute approximate surface area is 125 Å². The van der Waals surface area contributed by atoms with Crippen LogP contribution in [-0.4, -0.2) is 47.3 Å². The lowest BCUT2D eigenvalue weighted by atomic mass is 10.2. The topological polar surface area (TPSA) is 70.0 Å². The fourth-order valence-corrected chi connectivity index (χ4v) is 1.73. The van der Waals surface area contributed by atoms with Crippen LogP contribution in [0.1, 0.15) is 30.6 Å². The van der Waals surface area contributed by atoms with Crippen molar-refractivity contribution in [3.05, 3.63) is 23.8 Å². The van der Waals surface area contributed by atoms with Crippen LogP contribution in [0.15, 0.2) is 18.2 Å². The molecule has 0 amide bonds. The summed E-state index contributed by atoms with van der Waals surface area (Å²) >= 11 is 0. The quantitative estimate of drug-likeness (QED) is 0.460. The van der Waals surface area contributed by atoms with E-state index in [9.17, 15) is 9.90 Å². The minimum Gasteiger partial charge on any atom is -0.504 e. The number of hydrogen-bond acceptors (Lipinski definition) is 5. The van der Waals surface area contributed by atoms with Crippen molar-refractivity contribution in [3.8, 4) is 11.5 Å². The van der Waals surface area contributed by atoms with Crippen molar-refractivity contribution >= 4 is 18.4 Å². The van der Waals surface area contributed by atoms with Crippen molar-refractivity contribution in [2.75, 3.05) is 26.2 Å². The molecule has 0 aliphatic rings. The molecule has 20 heavy (non-hydrogen) atoms. The van der Waals surface area contributed by atoms with Gasteiger partial charge in [0.2, 0.25) is 0 Å². The Kier molecular flexibility index (Phi) is 8.76. The molecule has 114 valence electrons. The third kappa shape index (κ3) is 5.67. The summed E-state index contributed by atoms with van der Waals surface area (Å²) in [5.41, 5.74) is 0.234. The highest BCUT2D eigenvalue weighted by Gasteiger charge is 2.10. The van der Waals surface area contributed by atoms with Crippen molar-refractivity contribution in [2.45, 2.75) is 20.3 Å². The van der Waals surface area contributed by atoms with Crippen molar-refractivity contribution in [1.29, 1.82) is 0 Å². The molecule has 0 bridgehead atoms. The van der Waals surface area contributed by atoms with Crippen LogP contribution in [0.4, 0.5) is 0 Å². The third-order valence-electron chi connectivity index (χ3n) is 2.96. The zero-order chi connectivity index (χ0) is 14.3. The van der Waals surface area contributed by atoms with Gasteiger partial charge in [0, 0.05) is 6.54 Å². The molecule has 0 aromatic heterocycles. The number of benzene rings is 1. The molecule has 0 aliphatic carbocycles. The minimum atomic E-state index is -0.491. The van der Waals surface area contributed by atoms with Gasteiger partial charge in [-0.25, -0.2) is 4.79 Å². The van der Waals surface area contributed by atoms with E-state index >= 15 is 0 Å². The van der Waals surface area contributed by atoms with E-state index in [2.05, 4.69) is 18.7 Å². The summed E-state index contributed by atoms with van der Waals surface area (Å²) in [5.74, 6) is -1.06. The molecule has 0 saturated carbocycles. The fraction of sp³-hybridized carbons (Fsp3) is 0.500. The second kappa shape index (κ2) is 9.44. The van der Waals surface area contributed by atoms with Gasteiger partial charge in [-0.05, 0) is 37.7 Å². The van der Waals surface area contributed by atoms with Gasteiger partial charge in [-0.15, -0.1) is 12.4 Å². The lowest BCUT2D eigenvalue weighted by molar-refractivity contribution is 0.0489. The van der Waals surface area contributed by atoms with Gasteiger partial charge in [0.25, 0.3) is 0 Å². The van der Waals surface area contributed by atoms with Gasteiger partial charge in [-0.2, -0.15) is 0 Å². The number of nitrogens with zero attached hydrogens (tertiary/aromatic N) is 1. The summed E-state index contributed by atoms with van der Waals surface area (Å²) in [5, 5.41) is 18.4. The average Bonchev–Trinajstić information content (AvgIpc) is 2.42. The number of ether oxygens (including phenoxy) is 1. The molecule has 1 rings (SSSR count). The lowest BCUT2D eigenvalue weighted by Gasteiger charge is -2.17. The van der Waals surface area contributed by atoms with Gasteiger partial charge in [0.1, 0.15) is 0 Å². The van der Waals surface area contributed by atoms with E-state index < -0.39 is 5.97 Å². The van der Waals surface area contributed by atoms with Crippen molar-refractivity contribution in [2.24, 2.45) is 0 Å². The predicted molar refractivity (Wildman–Crippen MR) is 79.7 cm³/mol. The van der Waals surface area contributed by atoms with E-state index in [1.54, 1.807) is 0 Å². The van der Waals surface area contributed by atoms with Gasteiger partial charge in [-0.1, -0.05) is 13.8 Å². The van der Waals surface area contributed by atoms with Crippen LogP contribution in [0, 0.1) is 0 Å². The molecule has 0 unspecified atom stereocenters. The molecule has 0 fully saturated rings. The maximum absolute atomic E-state index is 11.7. The van der Waals surface area contributed by atoms with E-state index in [1.165, 1.54) is 18.2 Å². The fourth-order valence-electron chi connectivity index (χ4n) is 1.73. The van der Waals surface area contributed by atoms with Crippen LogP contribution >= 0.6 is 12.4 Å². The Bertz CT molecular complexity index is 422. The second-order valence-electron chi connectivity index (χ2n) is 4.22. The second-order valence-corrected chi connectivity index (χ2v) is 4.22. The summed E-state index contributed by atoms with van der Waals surface area (Å²) < 4.78 is 5.10. The minimum absolute atomic E-state index is 0. The SMILES string of the molecule is CCN(CC)CCCOC(=O)c1ccc(O)c(O)c1.Cl. The first-order chi connectivity index (χ1) is 9.08. The molecule has 0 atom stereocenters. The molecule has 0 aliphatic heterocycles. The highest BCUT2D eigenvalue weighted by molar-refractivity contribution is 5.90. The van der Waals surface area contributed by atoms with Crippen LogP contribution in [0.2, 0.25) is 0 Å². The first-order valence-electron chi connectivity index (χ1n) is 6.50. The molecular formula is C14H22ClNO4. The van der Waals surface area contributed by atoms with Crippen molar-refractivity contribution < 1.29 is 19.7 Å². The normalized spacial score (nSPS) is 10.2. The molecular weight excluding hydrogens is 282 g/mol. The summed E-state index contributed by atoms with van der Waals surface area (Å²) in [6.45, 7) is 7.38. The number of phenolic OH excluding ortho intramolecular Hbond substituents is 2. The molecule has 0 spiro atoms. The Morgan fingerprint density at radius 3 is 2.40 bits per heavy atom. The smallest absolute Gasteiger partial charge is 0.338 e. The molecule has 5 nitrogen and oxygen atoms in total. The molecule has 6 heteroatoms. The standard InChI is InChI=1S/C14H21NO4.ClH/c1-3-15(4-2)8-5-9-19-14(18)11-6-7-12(16)13(17)10-11;/h6-7,10,16-17H,3-5,8-9H2,1-2H3;1H. The number of carbonyl (C=O) groups excluding carboxylic acids is 1. The van der Waals surface area contributed by atoms with E-state index in [0.717, 1.165) is 26.1 Å². The number of hydrogen-bond donors (Lipinski definition) is 2. The molecule has 1 aromatic rings. The Hall–Kier alpha value is -1.46. The first kappa shape index (κ1) is 18.5. The van der Waals surface area contributed by atoms with Gasteiger partial charge < -0.3 is 19.8 Å². The molecule has 1 aromatic carbocycles.